The van der Waals surface area contributed by atoms with Gasteiger partial charge in [-0.1, -0.05) is 25.5 Å². The lowest BCUT2D eigenvalue weighted by molar-refractivity contribution is -0.384. The summed E-state index contributed by atoms with van der Waals surface area (Å²) in [4.78, 5) is 23.1. The van der Waals surface area contributed by atoms with Gasteiger partial charge in [0.1, 0.15) is 17.1 Å². The lowest BCUT2D eigenvalue weighted by Crippen LogP contribution is -2.03. The van der Waals surface area contributed by atoms with Crippen molar-refractivity contribution in [3.63, 3.8) is 0 Å². The van der Waals surface area contributed by atoms with Gasteiger partial charge in [0, 0.05) is 17.7 Å². The molecular weight excluding hydrogens is 310 g/mol. The number of aromatic hydroxyl groups is 1. The minimum absolute atomic E-state index is 0.0483. The summed E-state index contributed by atoms with van der Waals surface area (Å²) < 4.78 is 5.82. The third-order valence-corrected chi connectivity index (χ3v) is 3.84. The zero-order valence-corrected chi connectivity index (χ0v) is 13.0. The number of nitro benzene ring substituents is 1. The fraction of sp³-hybridized carbons (Fsp3) is 0.167. The maximum absolute atomic E-state index is 12.4. The van der Waals surface area contributed by atoms with Crippen molar-refractivity contribution in [1.29, 1.82) is 0 Å². The van der Waals surface area contributed by atoms with Crippen molar-refractivity contribution in [2.75, 3.05) is 0 Å². The topological polar surface area (TPSA) is 93.6 Å². The molecule has 1 heterocycles. The van der Waals surface area contributed by atoms with Crippen LogP contribution in [0, 0.1) is 10.1 Å². The summed E-state index contributed by atoms with van der Waals surface area (Å²) in [6.45, 7) is 1.95. The molecular formula is C18H15NO5. The van der Waals surface area contributed by atoms with Gasteiger partial charge in [-0.2, -0.15) is 0 Å². The fourth-order valence-corrected chi connectivity index (χ4v) is 2.73. The first-order valence-corrected chi connectivity index (χ1v) is 7.55. The molecule has 3 rings (SSSR count). The van der Waals surface area contributed by atoms with Crippen LogP contribution in [0.2, 0.25) is 0 Å². The number of rotatable bonds is 4. The smallest absolute Gasteiger partial charge is 0.280 e. The van der Waals surface area contributed by atoms with E-state index in [4.69, 9.17) is 4.42 Å². The summed E-state index contributed by atoms with van der Waals surface area (Å²) in [5.74, 6) is 0.162. The minimum Gasteiger partial charge on any atom is -0.508 e. The number of fused-ring (bicyclic) bond motifs is 1. The van der Waals surface area contributed by atoms with E-state index in [2.05, 4.69) is 0 Å². The molecule has 0 amide bonds. The second-order valence-corrected chi connectivity index (χ2v) is 5.44. The van der Waals surface area contributed by atoms with Gasteiger partial charge in [-0.05, 0) is 24.6 Å². The molecule has 0 saturated carbocycles. The second-order valence-electron chi connectivity index (χ2n) is 5.44. The number of aryl methyl sites for hydroxylation is 1. The molecule has 2 aromatic carbocycles. The van der Waals surface area contributed by atoms with Crippen LogP contribution < -0.4 is 5.43 Å². The van der Waals surface area contributed by atoms with Crippen LogP contribution in [0.25, 0.3) is 22.3 Å². The highest BCUT2D eigenvalue weighted by Gasteiger charge is 2.19. The molecule has 1 N–H and O–H groups in total. The Bertz CT molecular complexity index is 990. The van der Waals surface area contributed by atoms with Crippen molar-refractivity contribution in [3.05, 3.63) is 68.4 Å². The first kappa shape index (κ1) is 15.7. The zero-order chi connectivity index (χ0) is 17.3. The fourth-order valence-electron chi connectivity index (χ4n) is 2.73. The number of benzene rings is 2. The minimum atomic E-state index is -0.519. The summed E-state index contributed by atoms with van der Waals surface area (Å²) in [5.41, 5.74) is 0.594. The van der Waals surface area contributed by atoms with Crippen molar-refractivity contribution in [2.24, 2.45) is 0 Å². The Labute approximate surface area is 137 Å². The standard InChI is InChI=1S/C18H15NO5/c1-2-5-12-15(20)9-8-13-16(21)10-17(24-18(12)13)11-6-3-4-7-14(11)19(22)23/h3-4,6-10,20H,2,5H2,1H3. The van der Waals surface area contributed by atoms with E-state index in [1.165, 1.54) is 30.3 Å². The van der Waals surface area contributed by atoms with Crippen LogP contribution in [-0.2, 0) is 6.42 Å². The number of phenolic OH excluding ortho intramolecular Hbond substituents is 1. The number of hydrogen-bond acceptors (Lipinski definition) is 5. The number of nitrogens with zero attached hydrogens (tertiary/aromatic N) is 1. The Kier molecular flexibility index (Phi) is 4.04. The van der Waals surface area contributed by atoms with Crippen molar-refractivity contribution in [1.82, 2.24) is 0 Å². The van der Waals surface area contributed by atoms with E-state index < -0.39 is 4.92 Å². The van der Waals surface area contributed by atoms with Crippen LogP contribution in [0.4, 0.5) is 5.69 Å². The average molecular weight is 325 g/mol. The molecule has 0 aliphatic rings. The summed E-state index contributed by atoms with van der Waals surface area (Å²) in [7, 11) is 0. The summed E-state index contributed by atoms with van der Waals surface area (Å²) >= 11 is 0. The van der Waals surface area contributed by atoms with E-state index in [0.717, 1.165) is 6.42 Å². The van der Waals surface area contributed by atoms with Crippen LogP contribution in [0.1, 0.15) is 18.9 Å². The van der Waals surface area contributed by atoms with Gasteiger partial charge in [0.05, 0.1) is 15.9 Å². The number of nitro groups is 1. The number of para-hydroxylation sites is 1. The van der Waals surface area contributed by atoms with E-state index in [-0.39, 0.29) is 33.8 Å². The molecule has 122 valence electrons. The van der Waals surface area contributed by atoms with E-state index >= 15 is 0 Å². The van der Waals surface area contributed by atoms with Crippen LogP contribution in [-0.4, -0.2) is 10.0 Å². The SMILES string of the molecule is CCCc1c(O)ccc2c(=O)cc(-c3ccccc3[N+](=O)[O-])oc12. The molecule has 0 unspecified atom stereocenters. The Morgan fingerprint density at radius 3 is 2.67 bits per heavy atom. The lowest BCUT2D eigenvalue weighted by Gasteiger charge is -2.09. The third kappa shape index (κ3) is 2.62. The van der Waals surface area contributed by atoms with Gasteiger partial charge in [0.2, 0.25) is 0 Å². The van der Waals surface area contributed by atoms with Crippen molar-refractivity contribution < 1.29 is 14.4 Å². The van der Waals surface area contributed by atoms with Crippen LogP contribution in [0.5, 0.6) is 5.75 Å². The quantitative estimate of drug-likeness (QED) is 0.577. The molecule has 6 heteroatoms. The summed E-state index contributed by atoms with van der Waals surface area (Å²) in [6, 6.07) is 10.3. The molecule has 0 fully saturated rings. The lowest BCUT2D eigenvalue weighted by atomic mass is 10.0. The molecule has 0 bridgehead atoms. The largest absolute Gasteiger partial charge is 0.508 e. The Hall–Kier alpha value is -3.15. The summed E-state index contributed by atoms with van der Waals surface area (Å²) in [6.07, 6.45) is 1.29. The monoisotopic (exact) mass is 325 g/mol. The Morgan fingerprint density at radius 2 is 1.96 bits per heavy atom. The van der Waals surface area contributed by atoms with E-state index in [1.54, 1.807) is 12.1 Å². The first-order valence-electron chi connectivity index (χ1n) is 7.55. The Balaban J connectivity index is 2.34. The van der Waals surface area contributed by atoms with Crippen molar-refractivity contribution in [2.45, 2.75) is 19.8 Å². The van der Waals surface area contributed by atoms with Gasteiger partial charge >= 0.3 is 0 Å². The molecule has 0 spiro atoms. The predicted octanol–water partition coefficient (Wildman–Crippen LogP) is 4.03. The molecule has 0 saturated heterocycles. The molecule has 1 aromatic heterocycles. The molecule has 0 aliphatic carbocycles. The number of phenols is 1. The molecule has 3 aromatic rings. The van der Waals surface area contributed by atoms with Crippen molar-refractivity contribution in [3.8, 4) is 17.1 Å². The van der Waals surface area contributed by atoms with Gasteiger partial charge in [0.15, 0.2) is 5.43 Å². The normalized spacial score (nSPS) is 10.9. The molecule has 24 heavy (non-hydrogen) atoms. The average Bonchev–Trinajstić information content (AvgIpc) is 2.57. The van der Waals surface area contributed by atoms with E-state index in [1.807, 2.05) is 6.92 Å². The van der Waals surface area contributed by atoms with Crippen LogP contribution >= 0.6 is 0 Å². The molecule has 0 aliphatic heterocycles. The van der Waals surface area contributed by atoms with Gasteiger partial charge < -0.3 is 9.52 Å². The maximum atomic E-state index is 12.4. The predicted molar refractivity (Wildman–Crippen MR) is 90.2 cm³/mol. The van der Waals surface area contributed by atoms with Gasteiger partial charge in [-0.25, -0.2) is 0 Å². The third-order valence-electron chi connectivity index (χ3n) is 3.84. The second kappa shape index (κ2) is 6.16. The van der Waals surface area contributed by atoms with Crippen molar-refractivity contribution >= 4 is 16.7 Å². The van der Waals surface area contributed by atoms with Gasteiger partial charge in [-0.15, -0.1) is 0 Å². The van der Waals surface area contributed by atoms with E-state index in [9.17, 15) is 20.0 Å². The van der Waals surface area contributed by atoms with E-state index in [0.29, 0.717) is 17.4 Å². The highest BCUT2D eigenvalue weighted by Crippen LogP contribution is 2.33. The maximum Gasteiger partial charge on any atom is 0.280 e. The van der Waals surface area contributed by atoms with Gasteiger partial charge in [-0.3, -0.25) is 14.9 Å². The molecule has 0 radical (unpaired) electrons. The van der Waals surface area contributed by atoms with Gasteiger partial charge in [0.25, 0.3) is 5.69 Å². The highest BCUT2D eigenvalue weighted by atomic mass is 16.6. The Morgan fingerprint density at radius 1 is 1.21 bits per heavy atom. The number of hydrogen-bond donors (Lipinski definition) is 1. The highest BCUT2D eigenvalue weighted by molar-refractivity contribution is 5.84. The van der Waals surface area contributed by atoms with Crippen LogP contribution in [0.3, 0.4) is 0 Å². The molecule has 0 atom stereocenters. The first-order chi connectivity index (χ1) is 11.5. The summed E-state index contributed by atoms with van der Waals surface area (Å²) in [5, 5.41) is 21.6. The zero-order valence-electron chi connectivity index (χ0n) is 13.0. The van der Waals surface area contributed by atoms with Crippen LogP contribution in [0.15, 0.2) is 51.7 Å². The molecule has 6 nitrogen and oxygen atoms in total.